The molecule has 1 aromatic carbocycles. The first kappa shape index (κ1) is 20.7. The highest BCUT2D eigenvalue weighted by molar-refractivity contribution is 7.14. The van der Waals surface area contributed by atoms with Gasteiger partial charge in [-0.25, -0.2) is 4.79 Å². The molecule has 0 saturated heterocycles. The molecule has 29 heavy (non-hydrogen) atoms. The minimum atomic E-state index is -0.412. The van der Waals surface area contributed by atoms with Crippen molar-refractivity contribution >= 4 is 17.3 Å². The molecule has 0 spiro atoms. The molecule has 3 aromatic rings. The molecule has 0 unspecified atom stereocenters. The monoisotopic (exact) mass is 418 g/mol. The van der Waals surface area contributed by atoms with Gasteiger partial charge in [-0.2, -0.15) is 0 Å². The predicted octanol–water partition coefficient (Wildman–Crippen LogP) is 4.05. The fourth-order valence-electron chi connectivity index (χ4n) is 2.80. The van der Waals surface area contributed by atoms with Crippen LogP contribution in [-0.2, 0) is 17.8 Å². The summed E-state index contributed by atoms with van der Waals surface area (Å²) in [5.74, 6) is 1.41. The van der Waals surface area contributed by atoms with Crippen LogP contribution < -0.4 is 14.2 Å². The van der Waals surface area contributed by atoms with E-state index in [9.17, 15) is 4.79 Å². The van der Waals surface area contributed by atoms with Gasteiger partial charge in [-0.3, -0.25) is 0 Å². The zero-order valence-electron chi connectivity index (χ0n) is 16.9. The van der Waals surface area contributed by atoms with Crippen LogP contribution in [0.1, 0.15) is 32.9 Å². The molecular weight excluding hydrogens is 396 g/mol. The topological polar surface area (TPSA) is 92.9 Å². The molecule has 9 heteroatoms. The van der Waals surface area contributed by atoms with E-state index in [1.54, 1.807) is 12.1 Å². The van der Waals surface area contributed by atoms with Crippen molar-refractivity contribution in [2.24, 2.45) is 0 Å². The molecule has 0 N–H and O–H groups in total. The van der Waals surface area contributed by atoms with Crippen molar-refractivity contribution in [2.75, 3.05) is 21.3 Å². The molecule has 0 fully saturated rings. The Morgan fingerprint density at radius 2 is 1.76 bits per heavy atom. The van der Waals surface area contributed by atoms with E-state index in [0.717, 1.165) is 12.0 Å². The molecule has 2 aromatic heterocycles. The maximum Gasteiger partial charge on any atom is 0.348 e. The molecule has 0 aliphatic carbocycles. The van der Waals surface area contributed by atoms with Gasteiger partial charge in [0.05, 0.1) is 21.3 Å². The highest BCUT2D eigenvalue weighted by Gasteiger charge is 2.19. The van der Waals surface area contributed by atoms with E-state index in [4.69, 9.17) is 23.4 Å². The van der Waals surface area contributed by atoms with Crippen LogP contribution in [0, 0.1) is 6.92 Å². The van der Waals surface area contributed by atoms with Crippen molar-refractivity contribution in [3.05, 3.63) is 39.4 Å². The Balaban J connectivity index is 1.74. The second-order valence-electron chi connectivity index (χ2n) is 6.06. The van der Waals surface area contributed by atoms with Crippen LogP contribution in [0.15, 0.2) is 22.6 Å². The average molecular weight is 418 g/mol. The molecule has 3 rings (SSSR count). The third-order valence-corrected chi connectivity index (χ3v) is 5.61. The van der Waals surface area contributed by atoms with E-state index in [-0.39, 0.29) is 18.4 Å². The highest BCUT2D eigenvalue weighted by atomic mass is 32.1. The van der Waals surface area contributed by atoms with Crippen LogP contribution in [0.5, 0.6) is 17.2 Å². The summed E-state index contributed by atoms with van der Waals surface area (Å²) in [6, 6.07) is 5.23. The van der Waals surface area contributed by atoms with Gasteiger partial charge in [0.15, 0.2) is 18.1 Å². The van der Waals surface area contributed by atoms with E-state index in [2.05, 4.69) is 17.1 Å². The molecule has 0 saturated carbocycles. The van der Waals surface area contributed by atoms with Gasteiger partial charge in [-0.05, 0) is 37.1 Å². The molecule has 0 aliphatic rings. The number of hydrogen-bond donors (Lipinski definition) is 0. The Kier molecular flexibility index (Phi) is 6.38. The predicted molar refractivity (Wildman–Crippen MR) is 107 cm³/mol. The second-order valence-corrected chi connectivity index (χ2v) is 7.20. The second kappa shape index (κ2) is 8.95. The summed E-state index contributed by atoms with van der Waals surface area (Å²) in [6.07, 6.45) is 0.881. The van der Waals surface area contributed by atoms with E-state index >= 15 is 0 Å². The number of methoxy groups -OCH3 is 3. The molecule has 154 valence electrons. The Bertz CT molecular complexity index is 985. The van der Waals surface area contributed by atoms with Gasteiger partial charge in [-0.1, -0.05) is 6.92 Å². The lowest BCUT2D eigenvalue weighted by atomic mass is 10.2. The minimum absolute atomic E-state index is 0.116. The number of thiophene rings is 1. The number of carbonyl (C=O) groups is 1. The smallest absolute Gasteiger partial charge is 0.348 e. The number of esters is 1. The van der Waals surface area contributed by atoms with Crippen molar-refractivity contribution in [3.63, 3.8) is 0 Å². The van der Waals surface area contributed by atoms with Gasteiger partial charge in [0.25, 0.3) is 5.89 Å². The van der Waals surface area contributed by atoms with Gasteiger partial charge in [0.2, 0.25) is 11.6 Å². The Morgan fingerprint density at radius 3 is 2.31 bits per heavy atom. The van der Waals surface area contributed by atoms with Gasteiger partial charge in [-0.15, -0.1) is 21.5 Å². The molecular formula is C20H22N2O6S. The first-order valence-corrected chi connectivity index (χ1v) is 9.71. The summed E-state index contributed by atoms with van der Waals surface area (Å²) < 4.78 is 26.9. The number of ether oxygens (including phenoxy) is 4. The highest BCUT2D eigenvalue weighted by Crippen LogP contribution is 2.40. The van der Waals surface area contributed by atoms with Crippen molar-refractivity contribution in [1.82, 2.24) is 10.2 Å². The van der Waals surface area contributed by atoms with Crippen LogP contribution in [0.4, 0.5) is 0 Å². The van der Waals surface area contributed by atoms with Crippen molar-refractivity contribution in [1.29, 1.82) is 0 Å². The number of carbonyl (C=O) groups excluding carboxylic acids is 1. The fourth-order valence-corrected chi connectivity index (χ4v) is 3.81. The Morgan fingerprint density at radius 1 is 1.07 bits per heavy atom. The zero-order chi connectivity index (χ0) is 21.0. The number of aromatic nitrogens is 2. The number of aryl methyl sites for hydroxylation is 2. The third kappa shape index (κ3) is 4.34. The summed E-state index contributed by atoms with van der Waals surface area (Å²) in [5.41, 5.74) is 1.68. The van der Waals surface area contributed by atoms with E-state index in [1.807, 2.05) is 13.0 Å². The van der Waals surface area contributed by atoms with Crippen LogP contribution in [0.2, 0.25) is 0 Å². The largest absolute Gasteiger partial charge is 0.493 e. The summed E-state index contributed by atoms with van der Waals surface area (Å²) >= 11 is 1.44. The lowest BCUT2D eigenvalue weighted by molar-refractivity contribution is 0.0444. The quantitative estimate of drug-likeness (QED) is 0.506. The summed E-state index contributed by atoms with van der Waals surface area (Å²) in [7, 11) is 4.57. The molecule has 0 amide bonds. The van der Waals surface area contributed by atoms with Crippen LogP contribution in [0.25, 0.3) is 11.5 Å². The lowest BCUT2D eigenvalue weighted by Gasteiger charge is -2.12. The standard InChI is InChI=1S/C20H22N2O6S/c1-6-15-11(2)7-16(29-15)20(23)27-10-17-21-22-19(28-17)12-8-13(24-3)18(26-5)14(9-12)25-4/h7-9H,6,10H2,1-5H3. The van der Waals surface area contributed by atoms with Crippen molar-refractivity contribution in [2.45, 2.75) is 26.9 Å². The third-order valence-electron chi connectivity index (χ3n) is 4.25. The van der Waals surface area contributed by atoms with Gasteiger partial charge < -0.3 is 23.4 Å². The van der Waals surface area contributed by atoms with E-state index in [1.165, 1.54) is 37.5 Å². The number of hydrogen-bond acceptors (Lipinski definition) is 9. The van der Waals surface area contributed by atoms with Crippen LogP contribution in [0.3, 0.4) is 0 Å². The molecule has 0 atom stereocenters. The Hall–Kier alpha value is -3.07. The summed E-state index contributed by atoms with van der Waals surface area (Å²) in [6.45, 7) is 3.92. The summed E-state index contributed by atoms with van der Waals surface area (Å²) in [4.78, 5) is 14.0. The maximum atomic E-state index is 12.3. The van der Waals surface area contributed by atoms with Gasteiger partial charge in [0.1, 0.15) is 4.88 Å². The SMILES string of the molecule is CCc1sc(C(=O)OCc2nnc(-c3cc(OC)c(OC)c(OC)c3)o2)cc1C. The number of rotatable bonds is 8. The van der Waals surface area contributed by atoms with Gasteiger partial charge in [0, 0.05) is 10.4 Å². The first-order chi connectivity index (χ1) is 14.0. The van der Waals surface area contributed by atoms with Crippen LogP contribution >= 0.6 is 11.3 Å². The molecule has 0 radical (unpaired) electrons. The average Bonchev–Trinajstić information content (AvgIpc) is 3.37. The Labute approximate surface area is 172 Å². The molecule has 2 heterocycles. The van der Waals surface area contributed by atoms with E-state index in [0.29, 0.717) is 27.7 Å². The molecule has 8 nitrogen and oxygen atoms in total. The number of nitrogens with zero attached hydrogens (tertiary/aromatic N) is 2. The fraction of sp³-hybridized carbons (Fsp3) is 0.350. The van der Waals surface area contributed by atoms with E-state index < -0.39 is 5.97 Å². The lowest BCUT2D eigenvalue weighted by Crippen LogP contribution is -2.03. The van der Waals surface area contributed by atoms with Crippen molar-refractivity contribution in [3.8, 4) is 28.7 Å². The zero-order valence-corrected chi connectivity index (χ0v) is 17.7. The normalized spacial score (nSPS) is 10.7. The number of benzene rings is 1. The first-order valence-electron chi connectivity index (χ1n) is 8.89. The molecule has 0 aliphatic heterocycles. The summed E-state index contributed by atoms with van der Waals surface area (Å²) in [5, 5.41) is 7.96. The maximum absolute atomic E-state index is 12.3. The van der Waals surface area contributed by atoms with Gasteiger partial charge >= 0.3 is 5.97 Å². The minimum Gasteiger partial charge on any atom is -0.493 e. The van der Waals surface area contributed by atoms with Crippen molar-refractivity contribution < 1.29 is 28.2 Å². The molecule has 0 bridgehead atoms. The van der Waals surface area contributed by atoms with Crippen LogP contribution in [-0.4, -0.2) is 37.5 Å².